The number of Topliss-reactive ketones (excluding diaryl/α,β-unsaturated/α-hetero) is 1. The van der Waals surface area contributed by atoms with Gasteiger partial charge >= 0.3 is 5.97 Å². The number of aromatic hydroxyl groups is 1. The molecule has 2 rings (SSSR count). The first-order chi connectivity index (χ1) is 13.0. The molecule has 1 aromatic carbocycles. The molecule has 0 bridgehead atoms. The monoisotopic (exact) mass is 382 g/mol. The minimum atomic E-state index is -1.02. The number of hydrogen-bond donors (Lipinski definition) is 2. The minimum Gasteiger partial charge on any atom is -0.508 e. The van der Waals surface area contributed by atoms with Gasteiger partial charge in [-0.15, -0.1) is 0 Å². The number of phenolic OH excluding ortho intramolecular Hbond substituents is 1. The Kier molecular flexibility index (Phi) is 6.16. The summed E-state index contributed by atoms with van der Waals surface area (Å²) in [4.78, 5) is 23.6. The van der Waals surface area contributed by atoms with Crippen molar-refractivity contribution in [1.29, 1.82) is 0 Å². The second-order valence-electron chi connectivity index (χ2n) is 7.93. The van der Waals surface area contributed by atoms with Crippen molar-refractivity contribution in [3.63, 3.8) is 0 Å². The smallest absolute Gasteiger partial charge is 0.328 e. The van der Waals surface area contributed by atoms with Gasteiger partial charge in [-0.2, -0.15) is 0 Å². The van der Waals surface area contributed by atoms with Crippen LogP contribution < -0.4 is 0 Å². The van der Waals surface area contributed by atoms with Crippen LogP contribution in [0.5, 0.6) is 5.75 Å². The Morgan fingerprint density at radius 2 is 1.82 bits per heavy atom. The van der Waals surface area contributed by atoms with Crippen LogP contribution in [0.2, 0.25) is 0 Å². The molecular formula is C23H26O5. The summed E-state index contributed by atoms with van der Waals surface area (Å²) >= 11 is 0. The van der Waals surface area contributed by atoms with Crippen molar-refractivity contribution in [2.24, 2.45) is 5.41 Å². The quantitative estimate of drug-likeness (QED) is 0.610. The second kappa shape index (κ2) is 8.04. The fourth-order valence-corrected chi connectivity index (χ4v) is 3.27. The molecule has 5 nitrogen and oxygen atoms in total. The van der Waals surface area contributed by atoms with E-state index < -0.39 is 17.0 Å². The molecule has 1 aromatic rings. The summed E-state index contributed by atoms with van der Waals surface area (Å²) in [6, 6.07) is 6.46. The fourth-order valence-electron chi connectivity index (χ4n) is 3.27. The number of carbonyl (C=O) groups excluding carboxylic acids is 1. The van der Waals surface area contributed by atoms with Crippen molar-refractivity contribution < 1.29 is 24.5 Å². The molecule has 28 heavy (non-hydrogen) atoms. The first kappa shape index (κ1) is 21.5. The van der Waals surface area contributed by atoms with Crippen molar-refractivity contribution in [3.8, 4) is 17.6 Å². The lowest BCUT2D eigenvalue weighted by Gasteiger charge is -2.48. The van der Waals surface area contributed by atoms with Crippen LogP contribution in [0.25, 0.3) is 0 Å². The third-order valence-electron chi connectivity index (χ3n) is 5.42. The normalized spacial score (nSPS) is 21.9. The van der Waals surface area contributed by atoms with Gasteiger partial charge in [-0.3, -0.25) is 4.79 Å². The molecule has 0 spiro atoms. The zero-order chi connectivity index (χ0) is 21.1. The summed E-state index contributed by atoms with van der Waals surface area (Å²) in [5.74, 6) is 5.06. The standard InChI is InChI=1S/C23H26O5/c1-15(12-21(26)27)14-28-23(5)16(2)19(20(25)13-22(23,3)4)11-8-17-6-9-18(24)10-7-17/h6-7,9-10,12,24H,13-14H2,1-5H3,(H,26,27)/b15-12-/t23-/m1/s1. The largest absolute Gasteiger partial charge is 0.508 e. The molecule has 5 heteroatoms. The van der Waals surface area contributed by atoms with Crippen LogP contribution in [-0.4, -0.2) is 34.2 Å². The second-order valence-corrected chi connectivity index (χ2v) is 7.93. The molecule has 148 valence electrons. The summed E-state index contributed by atoms with van der Waals surface area (Å²) < 4.78 is 6.16. The van der Waals surface area contributed by atoms with E-state index in [4.69, 9.17) is 9.84 Å². The molecule has 1 atom stereocenters. The number of ketones is 1. The molecule has 0 saturated carbocycles. The minimum absolute atomic E-state index is 0.0346. The maximum atomic E-state index is 12.7. The molecule has 0 saturated heterocycles. The van der Waals surface area contributed by atoms with Gasteiger partial charge in [-0.25, -0.2) is 4.79 Å². The number of aliphatic carboxylic acids is 1. The van der Waals surface area contributed by atoms with Crippen molar-refractivity contribution in [2.45, 2.75) is 46.6 Å². The lowest BCUT2D eigenvalue weighted by Crippen LogP contribution is -2.50. The van der Waals surface area contributed by atoms with Crippen LogP contribution in [0.4, 0.5) is 0 Å². The highest BCUT2D eigenvalue weighted by Crippen LogP contribution is 2.47. The van der Waals surface area contributed by atoms with E-state index in [-0.39, 0.29) is 24.6 Å². The van der Waals surface area contributed by atoms with Gasteiger partial charge in [0.15, 0.2) is 5.78 Å². The molecule has 2 N–H and O–H groups in total. The zero-order valence-electron chi connectivity index (χ0n) is 16.9. The number of carbonyl (C=O) groups is 2. The number of ether oxygens (including phenoxy) is 1. The first-order valence-corrected chi connectivity index (χ1v) is 9.06. The Balaban J connectivity index is 2.41. The predicted molar refractivity (Wildman–Crippen MR) is 107 cm³/mol. The van der Waals surface area contributed by atoms with E-state index in [1.54, 1.807) is 31.2 Å². The van der Waals surface area contributed by atoms with Gasteiger partial charge in [0.25, 0.3) is 0 Å². The van der Waals surface area contributed by atoms with Crippen molar-refractivity contribution >= 4 is 11.8 Å². The number of allylic oxidation sites excluding steroid dienone is 1. The molecule has 1 aliphatic carbocycles. The molecular weight excluding hydrogens is 356 g/mol. The molecule has 0 heterocycles. The van der Waals surface area contributed by atoms with E-state index in [1.807, 2.05) is 27.7 Å². The number of carboxylic acids is 1. The lowest BCUT2D eigenvalue weighted by molar-refractivity contribution is -0.131. The van der Waals surface area contributed by atoms with Gasteiger partial charge in [-0.1, -0.05) is 25.7 Å². The van der Waals surface area contributed by atoms with E-state index in [1.165, 1.54) is 0 Å². The molecule has 0 unspecified atom stereocenters. The van der Waals surface area contributed by atoms with Crippen LogP contribution in [0.15, 0.2) is 47.1 Å². The summed E-state index contributed by atoms with van der Waals surface area (Å²) in [6.45, 7) is 9.55. The third kappa shape index (κ3) is 4.52. The third-order valence-corrected chi connectivity index (χ3v) is 5.42. The van der Waals surface area contributed by atoms with Crippen molar-refractivity contribution in [1.82, 2.24) is 0 Å². The van der Waals surface area contributed by atoms with Gasteiger partial charge in [0.1, 0.15) is 5.75 Å². The Morgan fingerprint density at radius 1 is 1.21 bits per heavy atom. The van der Waals surface area contributed by atoms with E-state index >= 15 is 0 Å². The van der Waals surface area contributed by atoms with Gasteiger partial charge in [0.05, 0.1) is 17.8 Å². The molecule has 0 aliphatic heterocycles. The predicted octanol–water partition coefficient (Wildman–Crippen LogP) is 3.87. The average Bonchev–Trinajstić information content (AvgIpc) is 2.59. The average molecular weight is 382 g/mol. The summed E-state index contributed by atoms with van der Waals surface area (Å²) in [6.07, 6.45) is 1.40. The number of benzene rings is 1. The van der Waals surface area contributed by atoms with Crippen LogP contribution in [-0.2, 0) is 14.3 Å². The van der Waals surface area contributed by atoms with E-state index in [9.17, 15) is 14.7 Å². The summed E-state index contributed by atoms with van der Waals surface area (Å²) in [5, 5.41) is 18.3. The number of rotatable bonds is 4. The topological polar surface area (TPSA) is 83.8 Å². The van der Waals surface area contributed by atoms with Crippen LogP contribution >= 0.6 is 0 Å². The Morgan fingerprint density at radius 3 is 2.39 bits per heavy atom. The number of hydrogen-bond acceptors (Lipinski definition) is 4. The van der Waals surface area contributed by atoms with E-state index in [0.717, 1.165) is 11.6 Å². The molecule has 0 amide bonds. The highest BCUT2D eigenvalue weighted by atomic mass is 16.5. The van der Waals surface area contributed by atoms with Crippen molar-refractivity contribution in [2.75, 3.05) is 6.61 Å². The number of carboxylic acid groups (broad SMARTS) is 1. The lowest BCUT2D eigenvalue weighted by atomic mass is 9.63. The van der Waals surface area contributed by atoms with Crippen LogP contribution in [0.3, 0.4) is 0 Å². The Labute approximate surface area is 165 Å². The SMILES string of the molecule is CC1=C(C#Cc2ccc(O)cc2)C(=O)CC(C)(C)[C@]1(C)OC/C(C)=C\C(=O)O. The summed E-state index contributed by atoms with van der Waals surface area (Å²) in [5.41, 5.74) is 1.21. The van der Waals surface area contributed by atoms with Gasteiger partial charge in [-0.05, 0) is 56.2 Å². The molecule has 0 fully saturated rings. The maximum Gasteiger partial charge on any atom is 0.328 e. The Bertz CT molecular complexity index is 907. The molecule has 0 aromatic heterocycles. The number of phenols is 1. The highest BCUT2D eigenvalue weighted by Gasteiger charge is 2.49. The van der Waals surface area contributed by atoms with Gasteiger partial charge in [0.2, 0.25) is 0 Å². The van der Waals surface area contributed by atoms with Crippen LogP contribution in [0.1, 0.15) is 46.6 Å². The van der Waals surface area contributed by atoms with E-state index in [2.05, 4.69) is 11.8 Å². The Hall–Kier alpha value is -2.84. The van der Waals surface area contributed by atoms with Crippen molar-refractivity contribution in [3.05, 3.63) is 52.6 Å². The molecule has 1 aliphatic rings. The zero-order valence-corrected chi connectivity index (χ0v) is 16.9. The van der Waals surface area contributed by atoms with Gasteiger partial charge < -0.3 is 14.9 Å². The van der Waals surface area contributed by atoms with E-state index in [0.29, 0.717) is 16.7 Å². The maximum absolute atomic E-state index is 12.7. The first-order valence-electron chi connectivity index (χ1n) is 9.06. The van der Waals surface area contributed by atoms with Crippen LogP contribution in [0, 0.1) is 17.3 Å². The van der Waals surface area contributed by atoms with Gasteiger partial charge in [0, 0.05) is 23.5 Å². The molecule has 0 radical (unpaired) electrons. The highest BCUT2D eigenvalue weighted by molar-refractivity contribution is 6.02. The fraction of sp³-hybridized carbons (Fsp3) is 0.391. The summed E-state index contributed by atoms with van der Waals surface area (Å²) in [7, 11) is 0.